The van der Waals surface area contributed by atoms with Crippen LogP contribution >= 0.6 is 0 Å². The number of furan rings is 1. The van der Waals surface area contributed by atoms with E-state index in [9.17, 15) is 22.0 Å². The number of nitrogens with one attached hydrogen (secondary N) is 2. The summed E-state index contributed by atoms with van der Waals surface area (Å²) in [4.78, 5) is 12.0. The SMILES string of the molecule is O=C(/C=C/c1ccc(S(=O)(=O)NCc2ccco2)cc1)NCCc1cc(F)cc(F)c1. The molecule has 0 bridgehead atoms. The van der Waals surface area contributed by atoms with E-state index in [1.807, 2.05) is 0 Å². The van der Waals surface area contributed by atoms with Gasteiger partial charge in [0, 0.05) is 18.7 Å². The van der Waals surface area contributed by atoms with Crippen LogP contribution in [-0.2, 0) is 27.8 Å². The van der Waals surface area contributed by atoms with E-state index in [4.69, 9.17) is 4.42 Å². The van der Waals surface area contributed by atoms with Gasteiger partial charge in [-0.15, -0.1) is 0 Å². The van der Waals surface area contributed by atoms with Crippen molar-refractivity contribution < 1.29 is 26.4 Å². The number of carbonyl (C=O) groups excluding carboxylic acids is 1. The Kier molecular flexibility index (Phi) is 7.32. The Morgan fingerprint density at radius 2 is 1.74 bits per heavy atom. The molecule has 2 N–H and O–H groups in total. The highest BCUT2D eigenvalue weighted by Gasteiger charge is 2.14. The summed E-state index contributed by atoms with van der Waals surface area (Å²) in [6, 6.07) is 12.5. The molecule has 31 heavy (non-hydrogen) atoms. The monoisotopic (exact) mass is 446 g/mol. The summed E-state index contributed by atoms with van der Waals surface area (Å²) in [5.74, 6) is -1.21. The van der Waals surface area contributed by atoms with Gasteiger partial charge in [-0.2, -0.15) is 0 Å². The molecule has 0 saturated heterocycles. The molecular weight excluding hydrogens is 426 g/mol. The van der Waals surface area contributed by atoms with Crippen LogP contribution in [0.2, 0.25) is 0 Å². The van der Waals surface area contributed by atoms with E-state index in [0.29, 0.717) is 16.9 Å². The number of amides is 1. The smallest absolute Gasteiger partial charge is 0.244 e. The zero-order valence-electron chi connectivity index (χ0n) is 16.3. The first-order chi connectivity index (χ1) is 14.8. The molecule has 3 rings (SSSR count). The standard InChI is InChI=1S/C22H20F2N2O4S/c23-18-12-17(13-19(24)14-18)9-10-25-22(27)8-5-16-3-6-21(7-4-16)31(28,29)26-15-20-2-1-11-30-20/h1-8,11-14,26H,9-10,15H2,(H,25,27)/b8-5+. The molecule has 0 aliphatic carbocycles. The van der Waals surface area contributed by atoms with Crippen LogP contribution < -0.4 is 10.0 Å². The number of benzene rings is 2. The quantitative estimate of drug-likeness (QED) is 0.493. The lowest BCUT2D eigenvalue weighted by Crippen LogP contribution is -2.23. The molecule has 0 spiro atoms. The zero-order chi connectivity index (χ0) is 22.3. The van der Waals surface area contributed by atoms with Crippen molar-refractivity contribution in [3.05, 3.63) is 95.5 Å². The average Bonchev–Trinajstić information content (AvgIpc) is 3.24. The van der Waals surface area contributed by atoms with Crippen molar-refractivity contribution in [3.8, 4) is 0 Å². The van der Waals surface area contributed by atoms with Crippen molar-refractivity contribution in [3.63, 3.8) is 0 Å². The summed E-state index contributed by atoms with van der Waals surface area (Å²) >= 11 is 0. The average molecular weight is 446 g/mol. The molecule has 0 fully saturated rings. The maximum absolute atomic E-state index is 13.1. The molecule has 3 aromatic rings. The third-order valence-electron chi connectivity index (χ3n) is 4.27. The molecule has 6 nitrogen and oxygen atoms in total. The fourth-order valence-electron chi connectivity index (χ4n) is 2.74. The van der Waals surface area contributed by atoms with Gasteiger partial charge in [0.05, 0.1) is 17.7 Å². The van der Waals surface area contributed by atoms with Crippen LogP contribution in [0.4, 0.5) is 8.78 Å². The lowest BCUT2D eigenvalue weighted by atomic mass is 10.1. The van der Waals surface area contributed by atoms with Gasteiger partial charge in [-0.05, 0) is 60.0 Å². The summed E-state index contributed by atoms with van der Waals surface area (Å²) in [6.07, 6.45) is 4.57. The first-order valence-corrected chi connectivity index (χ1v) is 10.8. The van der Waals surface area contributed by atoms with Crippen LogP contribution in [0, 0.1) is 11.6 Å². The summed E-state index contributed by atoms with van der Waals surface area (Å²) in [6.45, 7) is 0.254. The van der Waals surface area contributed by atoms with Crippen molar-refractivity contribution in [2.24, 2.45) is 0 Å². The minimum Gasteiger partial charge on any atom is -0.468 e. The molecule has 162 valence electrons. The zero-order valence-corrected chi connectivity index (χ0v) is 17.2. The fraction of sp³-hybridized carbons (Fsp3) is 0.136. The van der Waals surface area contributed by atoms with E-state index in [2.05, 4.69) is 10.0 Å². The second-order valence-corrected chi connectivity index (χ2v) is 8.39. The van der Waals surface area contributed by atoms with Crippen molar-refractivity contribution in [1.82, 2.24) is 10.0 Å². The van der Waals surface area contributed by atoms with E-state index < -0.39 is 21.7 Å². The van der Waals surface area contributed by atoms with Gasteiger partial charge < -0.3 is 9.73 Å². The molecule has 0 unspecified atom stereocenters. The van der Waals surface area contributed by atoms with E-state index >= 15 is 0 Å². The van der Waals surface area contributed by atoms with Crippen molar-refractivity contribution in [2.45, 2.75) is 17.9 Å². The summed E-state index contributed by atoms with van der Waals surface area (Å²) < 4.78 is 58.4. The normalized spacial score (nSPS) is 11.7. The van der Waals surface area contributed by atoms with Crippen LogP contribution in [0.15, 0.2) is 76.2 Å². The maximum atomic E-state index is 13.1. The van der Waals surface area contributed by atoms with Gasteiger partial charge in [-0.3, -0.25) is 4.79 Å². The van der Waals surface area contributed by atoms with Crippen LogP contribution in [-0.4, -0.2) is 20.9 Å². The third-order valence-corrected chi connectivity index (χ3v) is 5.69. The van der Waals surface area contributed by atoms with Gasteiger partial charge in [-0.1, -0.05) is 12.1 Å². The van der Waals surface area contributed by atoms with Crippen LogP contribution in [0.25, 0.3) is 6.08 Å². The van der Waals surface area contributed by atoms with Crippen molar-refractivity contribution >= 4 is 22.0 Å². The van der Waals surface area contributed by atoms with E-state index in [1.54, 1.807) is 24.3 Å². The highest BCUT2D eigenvalue weighted by atomic mass is 32.2. The predicted molar refractivity (Wildman–Crippen MR) is 111 cm³/mol. The lowest BCUT2D eigenvalue weighted by molar-refractivity contribution is -0.116. The number of halogens is 2. The Bertz CT molecular complexity index is 1140. The topological polar surface area (TPSA) is 88.4 Å². The molecule has 0 radical (unpaired) electrons. The van der Waals surface area contributed by atoms with Crippen LogP contribution in [0.5, 0.6) is 0 Å². The van der Waals surface area contributed by atoms with Crippen LogP contribution in [0.3, 0.4) is 0 Å². The molecule has 9 heteroatoms. The first kappa shape index (κ1) is 22.4. The van der Waals surface area contributed by atoms with E-state index in [1.165, 1.54) is 42.7 Å². The Labute approximate surface area is 178 Å². The second kappa shape index (κ2) is 10.1. The van der Waals surface area contributed by atoms with Gasteiger partial charge >= 0.3 is 0 Å². The fourth-order valence-corrected chi connectivity index (χ4v) is 3.73. The third kappa shape index (κ3) is 6.87. The number of rotatable bonds is 9. The Morgan fingerprint density at radius 1 is 1.03 bits per heavy atom. The largest absolute Gasteiger partial charge is 0.468 e. The number of hydrogen-bond acceptors (Lipinski definition) is 4. The highest BCUT2D eigenvalue weighted by molar-refractivity contribution is 7.89. The first-order valence-electron chi connectivity index (χ1n) is 9.35. The molecule has 0 aliphatic heterocycles. The van der Waals surface area contributed by atoms with Gasteiger partial charge in [0.25, 0.3) is 0 Å². The van der Waals surface area contributed by atoms with Crippen molar-refractivity contribution in [2.75, 3.05) is 6.54 Å². The Morgan fingerprint density at radius 3 is 2.39 bits per heavy atom. The highest BCUT2D eigenvalue weighted by Crippen LogP contribution is 2.13. The summed E-state index contributed by atoms with van der Waals surface area (Å²) in [7, 11) is -3.70. The minimum atomic E-state index is -3.70. The Balaban J connectivity index is 1.49. The number of carbonyl (C=O) groups is 1. The molecule has 1 aromatic heterocycles. The van der Waals surface area contributed by atoms with Gasteiger partial charge in [-0.25, -0.2) is 21.9 Å². The summed E-state index contributed by atoms with van der Waals surface area (Å²) in [5.41, 5.74) is 1.08. The molecule has 1 heterocycles. The van der Waals surface area contributed by atoms with E-state index in [-0.39, 0.29) is 30.3 Å². The number of sulfonamides is 1. The van der Waals surface area contributed by atoms with Gasteiger partial charge in [0.1, 0.15) is 17.4 Å². The molecule has 0 aliphatic rings. The Hall–Kier alpha value is -3.30. The second-order valence-electron chi connectivity index (χ2n) is 6.63. The van der Waals surface area contributed by atoms with Crippen molar-refractivity contribution in [1.29, 1.82) is 0 Å². The van der Waals surface area contributed by atoms with E-state index in [0.717, 1.165) is 6.07 Å². The molecular formula is C22H20F2N2O4S. The maximum Gasteiger partial charge on any atom is 0.244 e. The minimum absolute atomic E-state index is 0.0411. The molecule has 2 aromatic carbocycles. The predicted octanol–water partition coefficient (Wildman–Crippen LogP) is 3.41. The molecule has 0 atom stereocenters. The molecule has 1 amide bonds. The summed E-state index contributed by atoms with van der Waals surface area (Å²) in [5, 5.41) is 2.62. The molecule has 0 saturated carbocycles. The van der Waals surface area contributed by atoms with Crippen LogP contribution in [0.1, 0.15) is 16.9 Å². The lowest BCUT2D eigenvalue weighted by Gasteiger charge is -2.06. The van der Waals surface area contributed by atoms with Gasteiger partial charge in [0.2, 0.25) is 15.9 Å². The number of hydrogen-bond donors (Lipinski definition) is 2. The van der Waals surface area contributed by atoms with Gasteiger partial charge in [0.15, 0.2) is 0 Å².